The molecular formula is C17H18ClN3O5S2. The van der Waals surface area contributed by atoms with Gasteiger partial charge in [0.1, 0.15) is 5.02 Å². The van der Waals surface area contributed by atoms with E-state index in [0.717, 1.165) is 15.8 Å². The number of rotatable bonds is 4. The minimum atomic E-state index is -3.61. The van der Waals surface area contributed by atoms with Crippen LogP contribution in [0.4, 0.5) is 5.69 Å². The van der Waals surface area contributed by atoms with Crippen molar-refractivity contribution < 1.29 is 18.1 Å². The Balaban J connectivity index is 1.73. The van der Waals surface area contributed by atoms with Gasteiger partial charge >= 0.3 is 0 Å². The van der Waals surface area contributed by atoms with E-state index in [1.165, 1.54) is 32.7 Å². The third kappa shape index (κ3) is 3.90. The van der Waals surface area contributed by atoms with Gasteiger partial charge in [0.25, 0.3) is 11.6 Å². The molecule has 1 saturated heterocycles. The summed E-state index contributed by atoms with van der Waals surface area (Å²) in [7, 11) is -3.61. The number of thiophene rings is 1. The van der Waals surface area contributed by atoms with E-state index >= 15 is 0 Å². The predicted octanol–water partition coefficient (Wildman–Crippen LogP) is 3.07. The number of carbonyl (C=O) groups excluding carboxylic acids is 1. The number of hydrogen-bond donors (Lipinski definition) is 0. The molecule has 1 fully saturated rings. The maximum Gasteiger partial charge on any atom is 0.288 e. The SMILES string of the molecule is Cc1cc(S(=O)(=O)N2CCN(C(=O)c3ccc(Cl)c([N+](=O)[O-])c3)CC2)c(C)s1. The quantitative estimate of drug-likeness (QED) is 0.533. The van der Waals surface area contributed by atoms with Crippen molar-refractivity contribution in [3.63, 3.8) is 0 Å². The zero-order chi connectivity index (χ0) is 20.6. The lowest BCUT2D eigenvalue weighted by Gasteiger charge is -2.34. The molecule has 0 radical (unpaired) electrons. The first-order valence-electron chi connectivity index (χ1n) is 8.41. The molecule has 0 aliphatic carbocycles. The fourth-order valence-electron chi connectivity index (χ4n) is 3.10. The van der Waals surface area contributed by atoms with Gasteiger partial charge in [-0.1, -0.05) is 11.6 Å². The van der Waals surface area contributed by atoms with Gasteiger partial charge in [-0.2, -0.15) is 4.31 Å². The standard InChI is InChI=1S/C17H18ClN3O5S2/c1-11-9-16(12(2)27-11)28(25,26)20-7-5-19(6-8-20)17(22)13-3-4-14(18)15(10-13)21(23)24/h3-4,9-10H,5-8H2,1-2H3. The molecule has 1 aliphatic heterocycles. The van der Waals surface area contributed by atoms with E-state index in [0.29, 0.717) is 4.90 Å². The number of nitro groups is 1. The Morgan fingerprint density at radius 2 is 1.82 bits per heavy atom. The maximum atomic E-state index is 12.9. The first kappa shape index (κ1) is 20.7. The highest BCUT2D eigenvalue weighted by molar-refractivity contribution is 7.89. The summed E-state index contributed by atoms with van der Waals surface area (Å²) in [6, 6.07) is 5.55. The van der Waals surface area contributed by atoms with Crippen LogP contribution in [0, 0.1) is 24.0 Å². The number of nitro benzene ring substituents is 1. The minimum absolute atomic E-state index is 0.0427. The van der Waals surface area contributed by atoms with Crippen molar-refractivity contribution in [3.8, 4) is 0 Å². The molecule has 150 valence electrons. The fourth-order valence-corrected chi connectivity index (χ4v) is 6.23. The Bertz CT molecular complexity index is 1040. The molecule has 3 rings (SSSR count). The summed E-state index contributed by atoms with van der Waals surface area (Å²) in [5.41, 5.74) is -0.186. The van der Waals surface area contributed by atoms with Crippen LogP contribution in [0.3, 0.4) is 0 Å². The largest absolute Gasteiger partial charge is 0.336 e. The summed E-state index contributed by atoms with van der Waals surface area (Å²) in [5, 5.41) is 11.0. The van der Waals surface area contributed by atoms with E-state index in [9.17, 15) is 23.3 Å². The van der Waals surface area contributed by atoms with Crippen LogP contribution in [0.2, 0.25) is 5.02 Å². The Kier molecular flexibility index (Phi) is 5.76. The van der Waals surface area contributed by atoms with Crippen molar-refractivity contribution in [2.45, 2.75) is 18.7 Å². The molecule has 1 aromatic heterocycles. The van der Waals surface area contributed by atoms with Crippen LogP contribution < -0.4 is 0 Å². The van der Waals surface area contributed by atoms with Gasteiger partial charge in [0.05, 0.1) is 9.82 Å². The molecule has 0 bridgehead atoms. The number of halogens is 1. The van der Waals surface area contributed by atoms with Crippen LogP contribution in [0.25, 0.3) is 0 Å². The molecule has 8 nitrogen and oxygen atoms in total. The smallest absolute Gasteiger partial charge is 0.288 e. The monoisotopic (exact) mass is 443 g/mol. The van der Waals surface area contributed by atoms with Gasteiger partial charge in [-0.25, -0.2) is 8.42 Å². The number of piperazine rings is 1. The van der Waals surface area contributed by atoms with Gasteiger partial charge in [-0.15, -0.1) is 11.3 Å². The van der Waals surface area contributed by atoms with E-state index < -0.39 is 14.9 Å². The van der Waals surface area contributed by atoms with E-state index in [-0.39, 0.29) is 48.4 Å². The van der Waals surface area contributed by atoms with E-state index in [1.807, 2.05) is 6.92 Å². The fraction of sp³-hybridized carbons (Fsp3) is 0.353. The second kappa shape index (κ2) is 7.78. The molecule has 1 aliphatic rings. The first-order valence-corrected chi connectivity index (χ1v) is 11.0. The van der Waals surface area contributed by atoms with Crippen molar-refractivity contribution in [2.75, 3.05) is 26.2 Å². The van der Waals surface area contributed by atoms with Gasteiger partial charge in [-0.05, 0) is 32.0 Å². The summed E-state index contributed by atoms with van der Waals surface area (Å²) in [5.74, 6) is -0.389. The van der Waals surface area contributed by atoms with Gasteiger partial charge < -0.3 is 4.90 Å². The molecular weight excluding hydrogens is 426 g/mol. The first-order chi connectivity index (χ1) is 13.1. The molecule has 0 atom stereocenters. The van der Waals surface area contributed by atoms with E-state index in [1.54, 1.807) is 13.0 Å². The number of aryl methyl sites for hydroxylation is 2. The molecule has 1 amide bonds. The van der Waals surface area contributed by atoms with Gasteiger partial charge in [-0.3, -0.25) is 14.9 Å². The summed E-state index contributed by atoms with van der Waals surface area (Å²) in [4.78, 5) is 26.5. The molecule has 11 heteroatoms. The van der Waals surface area contributed by atoms with Gasteiger partial charge in [0, 0.05) is 47.6 Å². The van der Waals surface area contributed by atoms with Crippen molar-refractivity contribution >= 4 is 44.6 Å². The zero-order valence-electron chi connectivity index (χ0n) is 15.2. The van der Waals surface area contributed by atoms with Gasteiger partial charge in [0.15, 0.2) is 0 Å². The summed E-state index contributed by atoms with van der Waals surface area (Å²) >= 11 is 7.22. The number of nitrogens with zero attached hydrogens (tertiary/aromatic N) is 3. The van der Waals surface area contributed by atoms with Crippen LogP contribution in [-0.4, -0.2) is 54.6 Å². The highest BCUT2D eigenvalue weighted by Gasteiger charge is 2.32. The number of amides is 1. The average molecular weight is 444 g/mol. The van der Waals surface area contributed by atoms with Crippen LogP contribution >= 0.6 is 22.9 Å². The average Bonchev–Trinajstić information content (AvgIpc) is 3.00. The molecule has 1 aromatic carbocycles. The maximum absolute atomic E-state index is 12.9. The molecule has 0 saturated carbocycles. The normalized spacial score (nSPS) is 15.6. The number of benzene rings is 1. The Morgan fingerprint density at radius 1 is 1.18 bits per heavy atom. The molecule has 28 heavy (non-hydrogen) atoms. The second-order valence-electron chi connectivity index (χ2n) is 6.40. The van der Waals surface area contributed by atoms with Crippen LogP contribution in [-0.2, 0) is 10.0 Å². The van der Waals surface area contributed by atoms with E-state index in [2.05, 4.69) is 0 Å². The van der Waals surface area contributed by atoms with Crippen molar-refractivity contribution in [2.24, 2.45) is 0 Å². The predicted molar refractivity (Wildman–Crippen MR) is 107 cm³/mol. The molecule has 0 spiro atoms. The molecule has 0 N–H and O–H groups in total. The molecule has 2 aromatic rings. The molecule has 2 heterocycles. The Morgan fingerprint density at radius 3 is 2.36 bits per heavy atom. The summed E-state index contributed by atoms with van der Waals surface area (Å²) in [6.07, 6.45) is 0. The van der Waals surface area contributed by atoms with Crippen LogP contribution in [0.15, 0.2) is 29.2 Å². The lowest BCUT2D eigenvalue weighted by molar-refractivity contribution is -0.384. The number of sulfonamides is 1. The summed E-state index contributed by atoms with van der Waals surface area (Å²) < 4.78 is 27.1. The molecule has 0 unspecified atom stereocenters. The van der Waals surface area contributed by atoms with Crippen molar-refractivity contribution in [3.05, 3.63) is 54.7 Å². The highest BCUT2D eigenvalue weighted by atomic mass is 35.5. The topological polar surface area (TPSA) is 101 Å². The van der Waals surface area contributed by atoms with E-state index in [4.69, 9.17) is 11.6 Å². The van der Waals surface area contributed by atoms with Crippen molar-refractivity contribution in [1.82, 2.24) is 9.21 Å². The lowest BCUT2D eigenvalue weighted by atomic mass is 10.1. The Hall–Kier alpha value is -2.01. The summed E-state index contributed by atoms with van der Waals surface area (Å²) in [6.45, 7) is 4.37. The van der Waals surface area contributed by atoms with Gasteiger partial charge in [0.2, 0.25) is 10.0 Å². The Labute approximate surface area is 171 Å². The van der Waals surface area contributed by atoms with Crippen LogP contribution in [0.5, 0.6) is 0 Å². The minimum Gasteiger partial charge on any atom is -0.336 e. The third-order valence-electron chi connectivity index (χ3n) is 4.53. The third-order valence-corrected chi connectivity index (χ3v) is 7.97. The zero-order valence-corrected chi connectivity index (χ0v) is 17.6. The number of carbonyl (C=O) groups is 1. The second-order valence-corrected chi connectivity index (χ2v) is 10.2. The number of hydrogen-bond acceptors (Lipinski definition) is 6. The highest BCUT2D eigenvalue weighted by Crippen LogP contribution is 2.29. The van der Waals surface area contributed by atoms with Crippen molar-refractivity contribution in [1.29, 1.82) is 0 Å². The lowest BCUT2D eigenvalue weighted by Crippen LogP contribution is -2.50. The van der Waals surface area contributed by atoms with Crippen LogP contribution in [0.1, 0.15) is 20.1 Å².